The highest BCUT2D eigenvalue weighted by molar-refractivity contribution is 5.96. The summed E-state index contributed by atoms with van der Waals surface area (Å²) in [5.74, 6) is -3.20. The van der Waals surface area contributed by atoms with Crippen LogP contribution in [0.5, 0.6) is 5.75 Å². The minimum atomic E-state index is -1.26. The van der Waals surface area contributed by atoms with Gasteiger partial charge in [-0.1, -0.05) is 19.9 Å². The van der Waals surface area contributed by atoms with E-state index in [1.165, 1.54) is 0 Å². The van der Waals surface area contributed by atoms with Gasteiger partial charge in [-0.2, -0.15) is 0 Å². The average Bonchev–Trinajstić information content (AvgIpc) is 2.95. The highest BCUT2D eigenvalue weighted by atomic mass is 16.5. The molecule has 1 aromatic rings. The number of hydrogen-bond donors (Lipinski definition) is 6. The van der Waals surface area contributed by atoms with Gasteiger partial charge in [0.15, 0.2) is 0 Å². The van der Waals surface area contributed by atoms with E-state index in [0.29, 0.717) is 31.0 Å². The summed E-state index contributed by atoms with van der Waals surface area (Å²) < 4.78 is 5.30. The van der Waals surface area contributed by atoms with Gasteiger partial charge in [-0.25, -0.2) is 9.59 Å². The zero-order chi connectivity index (χ0) is 34.7. The van der Waals surface area contributed by atoms with Crippen molar-refractivity contribution in [2.75, 3.05) is 38.2 Å². The molecular formula is C31H49N5O9. The molecule has 1 saturated heterocycles. The van der Waals surface area contributed by atoms with Gasteiger partial charge in [-0.15, -0.1) is 0 Å². The van der Waals surface area contributed by atoms with E-state index >= 15 is 0 Å². The summed E-state index contributed by atoms with van der Waals surface area (Å²) in [6.45, 7) is 12.2. The molecule has 0 unspecified atom stereocenters. The van der Waals surface area contributed by atoms with Crippen LogP contribution in [0, 0.1) is 17.3 Å². The molecule has 0 aliphatic carbocycles. The quantitative estimate of drug-likeness (QED) is 0.157. The largest absolute Gasteiger partial charge is 0.497 e. The Morgan fingerprint density at radius 2 is 1.71 bits per heavy atom. The molecule has 14 heteroatoms. The van der Waals surface area contributed by atoms with Crippen LogP contribution < -0.4 is 26.4 Å². The van der Waals surface area contributed by atoms with Crippen LogP contribution in [-0.2, 0) is 24.0 Å². The molecule has 8 N–H and O–H groups in total. The third-order valence-electron chi connectivity index (χ3n) is 7.70. The molecule has 2 rings (SSSR count). The smallest absolute Gasteiger partial charge is 0.328 e. The maximum atomic E-state index is 13.1. The number of carbonyl (C=O) groups excluding carboxylic acids is 3. The fourth-order valence-corrected chi connectivity index (χ4v) is 4.53. The number of aliphatic hydroxyl groups excluding tert-OH is 1. The van der Waals surface area contributed by atoms with Crippen molar-refractivity contribution in [1.82, 2.24) is 10.2 Å². The number of nitrogens with two attached hydrogens (primary N) is 2. The summed E-state index contributed by atoms with van der Waals surface area (Å²) >= 11 is 0. The number of carboxylic acid groups (broad SMARTS) is 2. The lowest BCUT2D eigenvalue weighted by molar-refractivity contribution is -0.134. The SMILES string of the molecule is COc1cccc(N2CC(C)(C)N(C[C@H](N)[C@@H](O)C[C@H](C(=O)NCC(C)(C)C(N)=O)C(C)C)CC2=O)c1.O=C(O)/C=C/C(=O)O. The van der Waals surface area contributed by atoms with E-state index in [4.69, 9.17) is 26.4 Å². The second-order valence-electron chi connectivity index (χ2n) is 12.7. The number of carboxylic acids is 2. The summed E-state index contributed by atoms with van der Waals surface area (Å²) in [6, 6.07) is 6.73. The predicted octanol–water partition coefficient (Wildman–Crippen LogP) is 0.812. The van der Waals surface area contributed by atoms with E-state index in [1.807, 2.05) is 56.9 Å². The Hall–Kier alpha value is -4.01. The Labute approximate surface area is 264 Å². The summed E-state index contributed by atoms with van der Waals surface area (Å²) in [4.78, 5) is 60.3. The minimum absolute atomic E-state index is 0.0528. The number of carbonyl (C=O) groups is 5. The molecule has 0 bridgehead atoms. The fraction of sp³-hybridized carbons (Fsp3) is 0.581. The maximum absolute atomic E-state index is 13.1. The number of aliphatic carboxylic acids is 2. The number of ether oxygens (including phenoxy) is 1. The molecule has 0 radical (unpaired) electrons. The normalized spacial score (nSPS) is 17.2. The van der Waals surface area contributed by atoms with Crippen LogP contribution in [0.3, 0.4) is 0 Å². The van der Waals surface area contributed by atoms with E-state index in [2.05, 4.69) is 5.32 Å². The minimum Gasteiger partial charge on any atom is -0.497 e. The van der Waals surface area contributed by atoms with Gasteiger partial charge in [0.25, 0.3) is 0 Å². The predicted molar refractivity (Wildman–Crippen MR) is 168 cm³/mol. The lowest BCUT2D eigenvalue weighted by Gasteiger charge is -2.47. The second kappa shape index (κ2) is 16.9. The molecule has 14 nitrogen and oxygen atoms in total. The molecule has 1 aliphatic heterocycles. The van der Waals surface area contributed by atoms with Crippen molar-refractivity contribution in [2.24, 2.45) is 28.7 Å². The Morgan fingerprint density at radius 1 is 1.13 bits per heavy atom. The van der Waals surface area contributed by atoms with Crippen molar-refractivity contribution in [3.8, 4) is 5.75 Å². The van der Waals surface area contributed by atoms with E-state index < -0.39 is 46.9 Å². The van der Waals surface area contributed by atoms with E-state index in [1.54, 1.807) is 25.9 Å². The van der Waals surface area contributed by atoms with Crippen molar-refractivity contribution >= 4 is 35.3 Å². The number of aliphatic hydroxyl groups is 1. The zero-order valence-electron chi connectivity index (χ0n) is 27.1. The monoisotopic (exact) mass is 635 g/mol. The van der Waals surface area contributed by atoms with Crippen molar-refractivity contribution in [2.45, 2.75) is 65.6 Å². The Bertz CT molecular complexity index is 1220. The third kappa shape index (κ3) is 12.5. The van der Waals surface area contributed by atoms with Crippen molar-refractivity contribution in [3.63, 3.8) is 0 Å². The standard InChI is InChI=1S/C27H45N5O5.C4H4O4/c1-17(2)20(24(35)30-15-26(3,4)25(29)36)12-22(33)21(28)13-31-14-23(34)32(16-27(31,5)6)18-9-8-10-19(11-18)37-7;5-3(6)1-2-4(7)8/h8-11,17,20-22,33H,12-16,28H2,1-7H3,(H2,29,36)(H,30,35);1-2H,(H,5,6)(H,7,8)/b;2-1+/t20-,21-,22-;/m0./s1. The van der Waals surface area contributed by atoms with Crippen LogP contribution in [0.15, 0.2) is 36.4 Å². The molecule has 3 amide bonds. The maximum Gasteiger partial charge on any atom is 0.328 e. The van der Waals surface area contributed by atoms with Gasteiger partial charge < -0.3 is 41.7 Å². The van der Waals surface area contributed by atoms with Crippen molar-refractivity contribution in [3.05, 3.63) is 36.4 Å². The first-order chi connectivity index (χ1) is 20.7. The first kappa shape index (κ1) is 39.0. The number of piperazine rings is 1. The number of nitrogens with one attached hydrogen (secondary N) is 1. The Balaban J connectivity index is 0.00000111. The molecule has 1 aromatic carbocycles. The Kier molecular flexibility index (Phi) is 14.6. The number of methoxy groups -OCH3 is 1. The summed E-state index contributed by atoms with van der Waals surface area (Å²) in [5, 5.41) is 29.4. The van der Waals surface area contributed by atoms with Gasteiger partial charge in [-0.05, 0) is 52.2 Å². The highest BCUT2D eigenvalue weighted by Gasteiger charge is 2.40. The molecule has 0 saturated carbocycles. The number of hydrogen-bond acceptors (Lipinski definition) is 9. The van der Waals surface area contributed by atoms with Gasteiger partial charge in [0.2, 0.25) is 17.7 Å². The van der Waals surface area contributed by atoms with Gasteiger partial charge in [0.1, 0.15) is 5.75 Å². The van der Waals surface area contributed by atoms with Crippen LogP contribution in [0.4, 0.5) is 5.69 Å². The zero-order valence-corrected chi connectivity index (χ0v) is 27.1. The molecular weight excluding hydrogens is 586 g/mol. The first-order valence-corrected chi connectivity index (χ1v) is 14.6. The van der Waals surface area contributed by atoms with Gasteiger partial charge in [0.05, 0.1) is 25.2 Å². The van der Waals surface area contributed by atoms with E-state index in [0.717, 1.165) is 5.69 Å². The second-order valence-corrected chi connectivity index (χ2v) is 12.7. The Morgan fingerprint density at radius 3 is 2.20 bits per heavy atom. The molecule has 1 fully saturated rings. The van der Waals surface area contributed by atoms with Gasteiger partial charge >= 0.3 is 11.9 Å². The molecule has 0 spiro atoms. The van der Waals surface area contributed by atoms with Crippen molar-refractivity contribution in [1.29, 1.82) is 0 Å². The third-order valence-corrected chi connectivity index (χ3v) is 7.70. The lowest BCUT2D eigenvalue weighted by Crippen LogP contribution is -2.64. The first-order valence-electron chi connectivity index (χ1n) is 14.6. The van der Waals surface area contributed by atoms with E-state index in [-0.39, 0.29) is 37.2 Å². The topological polar surface area (TPSA) is 226 Å². The lowest BCUT2D eigenvalue weighted by atomic mass is 9.86. The van der Waals surface area contributed by atoms with Crippen LogP contribution in [0.1, 0.15) is 48.0 Å². The number of rotatable bonds is 14. The molecule has 252 valence electrons. The van der Waals surface area contributed by atoms with Crippen LogP contribution >= 0.6 is 0 Å². The van der Waals surface area contributed by atoms with Gasteiger partial charge in [-0.3, -0.25) is 19.3 Å². The highest BCUT2D eigenvalue weighted by Crippen LogP contribution is 2.29. The summed E-state index contributed by atoms with van der Waals surface area (Å²) in [5.41, 5.74) is 11.3. The molecule has 1 aliphatic rings. The van der Waals surface area contributed by atoms with Crippen molar-refractivity contribution < 1.29 is 44.0 Å². The molecule has 0 aromatic heterocycles. The number of anilines is 1. The molecule has 1 heterocycles. The van der Waals surface area contributed by atoms with Crippen LogP contribution in [0.25, 0.3) is 0 Å². The molecule has 45 heavy (non-hydrogen) atoms. The summed E-state index contributed by atoms with van der Waals surface area (Å²) in [7, 11) is 1.59. The number of nitrogens with zero attached hydrogens (tertiary/aromatic N) is 2. The number of amides is 3. The number of primary amides is 1. The fourth-order valence-electron chi connectivity index (χ4n) is 4.53. The van der Waals surface area contributed by atoms with Gasteiger partial charge in [0, 0.05) is 61.0 Å². The summed E-state index contributed by atoms with van der Waals surface area (Å²) in [6.07, 6.45) is 0.328. The average molecular weight is 636 g/mol. The van der Waals surface area contributed by atoms with E-state index in [9.17, 15) is 29.1 Å². The van der Waals surface area contributed by atoms with Crippen LogP contribution in [-0.4, -0.2) is 101 Å². The number of benzene rings is 1. The van der Waals surface area contributed by atoms with Crippen LogP contribution in [0.2, 0.25) is 0 Å². The molecule has 3 atom stereocenters.